The van der Waals surface area contributed by atoms with Crippen LogP contribution in [0.1, 0.15) is 30.1 Å². The second-order valence-corrected chi connectivity index (χ2v) is 5.36. The van der Waals surface area contributed by atoms with E-state index in [-0.39, 0.29) is 11.3 Å². The minimum atomic E-state index is -1.02. The summed E-state index contributed by atoms with van der Waals surface area (Å²) in [4.78, 5) is 25.8. The third-order valence-electron chi connectivity index (χ3n) is 3.94. The van der Waals surface area contributed by atoms with Gasteiger partial charge in [0.2, 0.25) is 0 Å². The number of hydrogen-bond donors (Lipinski definition) is 2. The predicted octanol–water partition coefficient (Wildman–Crippen LogP) is 2.07. The van der Waals surface area contributed by atoms with Gasteiger partial charge in [0.25, 0.3) is 0 Å². The van der Waals surface area contributed by atoms with E-state index in [9.17, 15) is 9.59 Å². The van der Waals surface area contributed by atoms with Crippen LogP contribution in [0, 0.1) is 11.8 Å². The SMILES string of the molecule is CC(Cn1c(=O)[nH]c2c(C(=O)O)cccc21)C1CC1. The van der Waals surface area contributed by atoms with Crippen LogP contribution < -0.4 is 5.69 Å². The molecule has 5 heteroatoms. The number of rotatable bonds is 4. The molecule has 100 valence electrons. The van der Waals surface area contributed by atoms with Gasteiger partial charge in [0, 0.05) is 6.54 Å². The average Bonchev–Trinajstić information content (AvgIpc) is 3.16. The highest BCUT2D eigenvalue weighted by Crippen LogP contribution is 2.37. The number of carbonyl (C=O) groups is 1. The summed E-state index contributed by atoms with van der Waals surface area (Å²) in [6, 6.07) is 4.98. The zero-order valence-corrected chi connectivity index (χ0v) is 10.7. The summed E-state index contributed by atoms with van der Waals surface area (Å²) >= 11 is 0. The topological polar surface area (TPSA) is 75.1 Å². The van der Waals surface area contributed by atoms with Crippen molar-refractivity contribution in [1.29, 1.82) is 0 Å². The van der Waals surface area contributed by atoms with Crippen LogP contribution in [0.4, 0.5) is 0 Å². The molecule has 1 heterocycles. The van der Waals surface area contributed by atoms with Crippen molar-refractivity contribution in [2.24, 2.45) is 11.8 Å². The van der Waals surface area contributed by atoms with E-state index < -0.39 is 5.97 Å². The number of fused-ring (bicyclic) bond motifs is 1. The first-order valence-electron chi connectivity index (χ1n) is 6.52. The second-order valence-electron chi connectivity index (χ2n) is 5.36. The van der Waals surface area contributed by atoms with Crippen LogP contribution in [0.5, 0.6) is 0 Å². The lowest BCUT2D eigenvalue weighted by Crippen LogP contribution is -2.21. The van der Waals surface area contributed by atoms with Gasteiger partial charge < -0.3 is 10.1 Å². The Labute approximate surface area is 109 Å². The Morgan fingerprint density at radius 1 is 1.53 bits per heavy atom. The van der Waals surface area contributed by atoms with Gasteiger partial charge in [-0.2, -0.15) is 0 Å². The van der Waals surface area contributed by atoms with Crippen molar-refractivity contribution < 1.29 is 9.90 Å². The van der Waals surface area contributed by atoms with Crippen molar-refractivity contribution in [3.05, 3.63) is 34.2 Å². The molecule has 1 aromatic carbocycles. The number of nitrogens with zero attached hydrogens (tertiary/aromatic N) is 1. The Balaban J connectivity index is 2.09. The van der Waals surface area contributed by atoms with E-state index >= 15 is 0 Å². The molecule has 1 aliphatic carbocycles. The monoisotopic (exact) mass is 260 g/mol. The van der Waals surface area contributed by atoms with Crippen LogP contribution in [0.2, 0.25) is 0 Å². The molecule has 0 radical (unpaired) electrons. The third kappa shape index (κ3) is 2.05. The van der Waals surface area contributed by atoms with Crippen molar-refractivity contribution in [3.8, 4) is 0 Å². The fourth-order valence-corrected chi connectivity index (χ4v) is 2.64. The summed E-state index contributed by atoms with van der Waals surface area (Å²) in [6.07, 6.45) is 2.47. The normalized spacial score (nSPS) is 16.7. The fourth-order valence-electron chi connectivity index (χ4n) is 2.64. The number of benzene rings is 1. The summed E-state index contributed by atoms with van der Waals surface area (Å²) in [5.41, 5.74) is 1.02. The molecular weight excluding hydrogens is 244 g/mol. The fraction of sp³-hybridized carbons (Fsp3) is 0.429. The van der Waals surface area contributed by atoms with E-state index in [1.807, 2.05) is 0 Å². The van der Waals surface area contributed by atoms with E-state index in [0.29, 0.717) is 29.4 Å². The highest BCUT2D eigenvalue weighted by molar-refractivity contribution is 6.00. The van der Waals surface area contributed by atoms with Gasteiger partial charge in [0.15, 0.2) is 0 Å². The van der Waals surface area contributed by atoms with Gasteiger partial charge in [-0.3, -0.25) is 4.57 Å². The quantitative estimate of drug-likeness (QED) is 0.883. The van der Waals surface area contributed by atoms with Crippen molar-refractivity contribution in [1.82, 2.24) is 9.55 Å². The lowest BCUT2D eigenvalue weighted by Gasteiger charge is -2.10. The number of aromatic amines is 1. The van der Waals surface area contributed by atoms with E-state index in [1.54, 1.807) is 16.7 Å². The molecule has 1 unspecified atom stereocenters. The number of imidazole rings is 1. The maximum absolute atomic E-state index is 12.0. The number of aromatic carboxylic acids is 1. The van der Waals surface area contributed by atoms with Crippen LogP contribution in [0.15, 0.2) is 23.0 Å². The summed E-state index contributed by atoms with van der Waals surface area (Å²) in [7, 11) is 0. The molecule has 1 atom stereocenters. The first kappa shape index (κ1) is 12.0. The number of nitrogens with one attached hydrogen (secondary N) is 1. The maximum atomic E-state index is 12.0. The standard InChI is InChI=1S/C14H16N2O3/c1-8(9-5-6-9)7-16-11-4-2-3-10(13(17)18)12(11)15-14(16)19/h2-4,8-9H,5-7H2,1H3,(H,15,19)(H,17,18). The average molecular weight is 260 g/mol. The van der Waals surface area contributed by atoms with Crippen molar-refractivity contribution in [2.75, 3.05) is 0 Å². The van der Waals surface area contributed by atoms with Crippen molar-refractivity contribution in [2.45, 2.75) is 26.3 Å². The number of carboxylic acids is 1. The molecule has 1 aliphatic rings. The first-order valence-corrected chi connectivity index (χ1v) is 6.52. The van der Waals surface area contributed by atoms with Crippen molar-refractivity contribution >= 4 is 17.0 Å². The van der Waals surface area contributed by atoms with Gasteiger partial charge in [-0.25, -0.2) is 9.59 Å². The molecule has 0 bridgehead atoms. The highest BCUT2D eigenvalue weighted by atomic mass is 16.4. The predicted molar refractivity (Wildman–Crippen MR) is 71.4 cm³/mol. The second kappa shape index (κ2) is 4.26. The summed E-state index contributed by atoms with van der Waals surface area (Å²) in [5, 5.41) is 9.13. The maximum Gasteiger partial charge on any atom is 0.337 e. The Kier molecular flexibility index (Phi) is 2.69. The van der Waals surface area contributed by atoms with Crippen LogP contribution >= 0.6 is 0 Å². The lowest BCUT2D eigenvalue weighted by atomic mass is 10.1. The Hall–Kier alpha value is -2.04. The van der Waals surface area contributed by atoms with Crippen LogP contribution in [-0.2, 0) is 6.54 Å². The molecule has 2 aromatic rings. The van der Waals surface area contributed by atoms with Crippen LogP contribution in [-0.4, -0.2) is 20.6 Å². The molecule has 0 saturated heterocycles. The minimum absolute atomic E-state index is 0.146. The molecule has 1 fully saturated rings. The molecule has 0 amide bonds. The minimum Gasteiger partial charge on any atom is -0.478 e. The number of H-pyrrole nitrogens is 1. The zero-order valence-electron chi connectivity index (χ0n) is 10.7. The van der Waals surface area contributed by atoms with Gasteiger partial charge in [-0.05, 0) is 36.8 Å². The summed E-state index contributed by atoms with van der Waals surface area (Å²) in [5.74, 6) is 0.138. The smallest absolute Gasteiger partial charge is 0.337 e. The van der Waals surface area contributed by atoms with Crippen LogP contribution in [0.3, 0.4) is 0 Å². The Bertz CT molecular complexity index is 694. The molecule has 2 N–H and O–H groups in total. The molecular formula is C14H16N2O3. The van der Waals surface area contributed by atoms with Crippen molar-refractivity contribution in [3.63, 3.8) is 0 Å². The van der Waals surface area contributed by atoms with Crippen LogP contribution in [0.25, 0.3) is 11.0 Å². The largest absolute Gasteiger partial charge is 0.478 e. The molecule has 5 nitrogen and oxygen atoms in total. The molecule has 0 spiro atoms. The molecule has 19 heavy (non-hydrogen) atoms. The van der Waals surface area contributed by atoms with Gasteiger partial charge >= 0.3 is 11.7 Å². The highest BCUT2D eigenvalue weighted by Gasteiger charge is 2.28. The summed E-state index contributed by atoms with van der Waals surface area (Å²) in [6.45, 7) is 2.79. The summed E-state index contributed by atoms with van der Waals surface area (Å²) < 4.78 is 1.66. The van der Waals surface area contributed by atoms with E-state index in [2.05, 4.69) is 11.9 Å². The number of para-hydroxylation sites is 1. The molecule has 0 aliphatic heterocycles. The number of hydrogen-bond acceptors (Lipinski definition) is 2. The van der Waals surface area contributed by atoms with Gasteiger partial charge in [0.1, 0.15) is 0 Å². The Morgan fingerprint density at radius 3 is 2.89 bits per heavy atom. The molecule has 1 saturated carbocycles. The van der Waals surface area contributed by atoms with E-state index in [1.165, 1.54) is 18.9 Å². The molecule has 3 rings (SSSR count). The van der Waals surface area contributed by atoms with Gasteiger partial charge in [0.05, 0.1) is 16.6 Å². The van der Waals surface area contributed by atoms with Gasteiger partial charge in [-0.1, -0.05) is 13.0 Å². The number of carboxylic acid groups (broad SMARTS) is 1. The lowest BCUT2D eigenvalue weighted by molar-refractivity contribution is 0.0699. The van der Waals surface area contributed by atoms with E-state index in [0.717, 1.165) is 0 Å². The zero-order chi connectivity index (χ0) is 13.6. The third-order valence-corrected chi connectivity index (χ3v) is 3.94. The molecule has 1 aromatic heterocycles. The number of aromatic nitrogens is 2. The first-order chi connectivity index (χ1) is 9.08. The van der Waals surface area contributed by atoms with Gasteiger partial charge in [-0.15, -0.1) is 0 Å². The van der Waals surface area contributed by atoms with E-state index in [4.69, 9.17) is 5.11 Å². The Morgan fingerprint density at radius 2 is 2.26 bits per heavy atom.